The predicted molar refractivity (Wildman–Crippen MR) is 68.5 cm³/mol. The minimum Gasteiger partial charge on any atom is -0.365 e. The molecule has 1 aromatic heterocycles. The van der Waals surface area contributed by atoms with Crippen LogP contribution in [0.3, 0.4) is 0 Å². The van der Waals surface area contributed by atoms with Crippen LogP contribution in [0.25, 0.3) is 0 Å². The molecule has 2 unspecified atom stereocenters. The van der Waals surface area contributed by atoms with Crippen LogP contribution in [0.4, 0.5) is 16.2 Å². The molecule has 18 heavy (non-hydrogen) atoms. The molecule has 100 valence electrons. The molecule has 0 aromatic carbocycles. The van der Waals surface area contributed by atoms with Crippen molar-refractivity contribution in [3.05, 3.63) is 12.0 Å². The van der Waals surface area contributed by atoms with E-state index in [0.29, 0.717) is 6.04 Å². The minimum absolute atomic E-state index is 0.208. The lowest BCUT2D eigenvalue weighted by Crippen LogP contribution is -2.42. The van der Waals surface area contributed by atoms with Crippen LogP contribution in [0.1, 0.15) is 19.8 Å². The number of piperidine rings is 1. The van der Waals surface area contributed by atoms with Crippen LogP contribution < -0.4 is 16.6 Å². The van der Waals surface area contributed by atoms with E-state index in [2.05, 4.69) is 39.6 Å². The highest BCUT2D eigenvalue weighted by molar-refractivity contribution is 5.41. The van der Waals surface area contributed by atoms with Crippen LogP contribution in [0.2, 0.25) is 0 Å². The van der Waals surface area contributed by atoms with Crippen molar-refractivity contribution < 1.29 is 4.39 Å². The van der Waals surface area contributed by atoms with Crippen molar-refractivity contribution in [2.45, 2.75) is 31.8 Å². The van der Waals surface area contributed by atoms with Gasteiger partial charge in [0.15, 0.2) is 11.6 Å². The van der Waals surface area contributed by atoms with Gasteiger partial charge in [0.1, 0.15) is 0 Å². The Morgan fingerprint density at radius 1 is 1.56 bits per heavy atom. The van der Waals surface area contributed by atoms with E-state index in [-0.39, 0.29) is 17.8 Å². The van der Waals surface area contributed by atoms with Gasteiger partial charge in [-0.2, -0.15) is 4.98 Å². The van der Waals surface area contributed by atoms with E-state index < -0.39 is 5.82 Å². The van der Waals surface area contributed by atoms with Gasteiger partial charge in [-0.15, -0.1) is 0 Å². The molecule has 0 saturated carbocycles. The van der Waals surface area contributed by atoms with Crippen molar-refractivity contribution in [1.82, 2.24) is 14.9 Å². The fourth-order valence-corrected chi connectivity index (χ4v) is 2.15. The van der Waals surface area contributed by atoms with E-state index in [9.17, 15) is 4.39 Å². The second kappa shape index (κ2) is 5.45. The molecule has 0 bridgehead atoms. The van der Waals surface area contributed by atoms with Crippen LogP contribution in [-0.4, -0.2) is 40.5 Å². The van der Waals surface area contributed by atoms with Crippen molar-refractivity contribution in [3.63, 3.8) is 0 Å². The van der Waals surface area contributed by atoms with E-state index in [1.807, 2.05) is 0 Å². The average molecular weight is 254 g/mol. The number of hydrogen-bond donors (Lipinski definition) is 3. The summed E-state index contributed by atoms with van der Waals surface area (Å²) in [7, 11) is 2.10. The number of aromatic nitrogens is 2. The Balaban J connectivity index is 2.05. The Hall–Kier alpha value is -1.47. The van der Waals surface area contributed by atoms with Crippen molar-refractivity contribution in [3.8, 4) is 0 Å². The number of nitrogens with zero attached hydrogens (tertiary/aromatic N) is 3. The predicted octanol–water partition coefficient (Wildman–Crippen LogP) is 0.796. The molecule has 1 saturated heterocycles. The quantitative estimate of drug-likeness (QED) is 0.547. The van der Waals surface area contributed by atoms with Gasteiger partial charge in [0.2, 0.25) is 5.95 Å². The summed E-state index contributed by atoms with van der Waals surface area (Å²) in [5, 5.41) is 3.13. The van der Waals surface area contributed by atoms with Gasteiger partial charge < -0.3 is 10.2 Å². The lowest BCUT2D eigenvalue weighted by molar-refractivity contribution is 0.190. The summed E-state index contributed by atoms with van der Waals surface area (Å²) < 4.78 is 13.6. The van der Waals surface area contributed by atoms with E-state index in [1.165, 1.54) is 0 Å². The molecule has 1 aliphatic heterocycles. The third kappa shape index (κ3) is 2.85. The zero-order valence-electron chi connectivity index (χ0n) is 10.7. The molecule has 0 radical (unpaired) electrons. The summed E-state index contributed by atoms with van der Waals surface area (Å²) in [5.41, 5.74) is 2.31. The maximum atomic E-state index is 13.6. The number of likely N-dealkylation sites (tertiary alicyclic amines) is 1. The van der Waals surface area contributed by atoms with Gasteiger partial charge in [0, 0.05) is 18.6 Å². The minimum atomic E-state index is -0.458. The topological polar surface area (TPSA) is 79.1 Å². The molecule has 7 heteroatoms. The summed E-state index contributed by atoms with van der Waals surface area (Å²) in [5.74, 6) is 5.17. The Morgan fingerprint density at radius 3 is 3.00 bits per heavy atom. The van der Waals surface area contributed by atoms with Crippen molar-refractivity contribution in [2.75, 3.05) is 24.3 Å². The fraction of sp³-hybridized carbons (Fsp3) is 0.636. The SMILES string of the molecule is CC1CC(Nc2nc(NN)ncc2F)CCN1C. The standard InChI is InChI=1S/C11H19FN6/c1-7-5-8(3-4-18(7)2)15-10-9(12)6-14-11(16-10)17-13/h6-8H,3-5,13H2,1-2H3,(H2,14,15,16,17). The summed E-state index contributed by atoms with van der Waals surface area (Å²) >= 11 is 0. The number of nitrogens with one attached hydrogen (secondary N) is 2. The average Bonchev–Trinajstić information content (AvgIpc) is 2.36. The van der Waals surface area contributed by atoms with E-state index in [4.69, 9.17) is 5.84 Å². The zero-order valence-corrected chi connectivity index (χ0v) is 10.7. The number of hydrazine groups is 1. The lowest BCUT2D eigenvalue weighted by atomic mass is 9.99. The van der Waals surface area contributed by atoms with Gasteiger partial charge >= 0.3 is 0 Å². The zero-order chi connectivity index (χ0) is 13.1. The third-order valence-electron chi connectivity index (χ3n) is 3.42. The van der Waals surface area contributed by atoms with Crippen LogP contribution in [0.5, 0.6) is 0 Å². The summed E-state index contributed by atoms with van der Waals surface area (Å²) in [4.78, 5) is 9.98. The Bertz CT molecular complexity index is 413. The summed E-state index contributed by atoms with van der Waals surface area (Å²) in [6.45, 7) is 3.16. The number of rotatable bonds is 3. The number of nitrogen functional groups attached to an aromatic ring is 1. The number of nitrogens with two attached hydrogens (primary N) is 1. The van der Waals surface area contributed by atoms with Crippen LogP contribution >= 0.6 is 0 Å². The summed E-state index contributed by atoms with van der Waals surface area (Å²) in [6.07, 6.45) is 3.05. The summed E-state index contributed by atoms with van der Waals surface area (Å²) in [6, 6.07) is 0.708. The fourth-order valence-electron chi connectivity index (χ4n) is 2.15. The first-order valence-corrected chi connectivity index (χ1v) is 6.06. The van der Waals surface area contributed by atoms with Gasteiger partial charge in [-0.05, 0) is 26.8 Å². The monoisotopic (exact) mass is 254 g/mol. The molecule has 6 nitrogen and oxygen atoms in total. The Labute approximate surface area is 106 Å². The maximum Gasteiger partial charge on any atom is 0.239 e. The first kappa shape index (κ1) is 13.0. The van der Waals surface area contributed by atoms with Gasteiger partial charge in [0.05, 0.1) is 6.20 Å². The Morgan fingerprint density at radius 2 is 2.33 bits per heavy atom. The number of halogens is 1. The number of anilines is 2. The highest BCUT2D eigenvalue weighted by atomic mass is 19.1. The first-order chi connectivity index (χ1) is 8.60. The molecule has 0 amide bonds. The molecule has 2 atom stereocenters. The first-order valence-electron chi connectivity index (χ1n) is 6.06. The van der Waals surface area contributed by atoms with Crippen LogP contribution in [-0.2, 0) is 0 Å². The molecule has 4 N–H and O–H groups in total. The normalized spacial score (nSPS) is 24.9. The van der Waals surface area contributed by atoms with E-state index in [1.54, 1.807) is 0 Å². The molecule has 1 fully saturated rings. The molecule has 2 heterocycles. The van der Waals surface area contributed by atoms with Gasteiger partial charge in [-0.3, -0.25) is 5.43 Å². The second-order valence-corrected chi connectivity index (χ2v) is 4.73. The van der Waals surface area contributed by atoms with Gasteiger partial charge in [-0.25, -0.2) is 15.2 Å². The van der Waals surface area contributed by atoms with Gasteiger partial charge in [0.25, 0.3) is 0 Å². The highest BCUT2D eigenvalue weighted by Crippen LogP contribution is 2.20. The number of hydrogen-bond acceptors (Lipinski definition) is 6. The van der Waals surface area contributed by atoms with Crippen molar-refractivity contribution in [1.29, 1.82) is 0 Å². The molecule has 2 rings (SSSR count). The molecule has 1 aromatic rings. The largest absolute Gasteiger partial charge is 0.365 e. The molecular weight excluding hydrogens is 235 g/mol. The second-order valence-electron chi connectivity index (χ2n) is 4.73. The molecule has 0 aliphatic carbocycles. The molecule has 1 aliphatic rings. The Kier molecular flexibility index (Phi) is 3.93. The molecular formula is C11H19FN6. The van der Waals surface area contributed by atoms with Crippen molar-refractivity contribution in [2.24, 2.45) is 5.84 Å². The van der Waals surface area contributed by atoms with Gasteiger partial charge in [-0.1, -0.05) is 0 Å². The van der Waals surface area contributed by atoms with Crippen LogP contribution in [0.15, 0.2) is 6.20 Å². The maximum absolute atomic E-state index is 13.6. The smallest absolute Gasteiger partial charge is 0.239 e. The lowest BCUT2D eigenvalue weighted by Gasteiger charge is -2.35. The third-order valence-corrected chi connectivity index (χ3v) is 3.42. The highest BCUT2D eigenvalue weighted by Gasteiger charge is 2.23. The van der Waals surface area contributed by atoms with Crippen LogP contribution in [0, 0.1) is 5.82 Å². The van der Waals surface area contributed by atoms with Crippen molar-refractivity contribution >= 4 is 11.8 Å². The van der Waals surface area contributed by atoms with E-state index in [0.717, 1.165) is 25.6 Å². The molecule has 0 spiro atoms. The van der Waals surface area contributed by atoms with E-state index >= 15 is 0 Å².